The van der Waals surface area contributed by atoms with E-state index in [1.54, 1.807) is 11.3 Å². The van der Waals surface area contributed by atoms with Crippen LogP contribution in [0, 0.1) is 0 Å². The van der Waals surface area contributed by atoms with Crippen LogP contribution < -0.4 is 0 Å². The Kier molecular flexibility index (Phi) is 2.67. The van der Waals surface area contributed by atoms with E-state index < -0.39 is 0 Å². The number of aliphatic hydroxyl groups excluding tert-OH is 1. The van der Waals surface area contributed by atoms with Crippen molar-refractivity contribution in [3.05, 3.63) is 22.4 Å². The van der Waals surface area contributed by atoms with Crippen molar-refractivity contribution in [1.29, 1.82) is 0 Å². The maximum atomic E-state index is 9.46. The smallest absolute Gasteiger partial charge is 0.0682 e. The normalized spacial score (nSPS) is 29.7. The van der Waals surface area contributed by atoms with Gasteiger partial charge in [-0.3, -0.25) is 4.90 Å². The highest BCUT2D eigenvalue weighted by Crippen LogP contribution is 2.21. The molecule has 2 rings (SSSR count). The first-order chi connectivity index (χ1) is 6.25. The van der Waals surface area contributed by atoms with E-state index in [0.29, 0.717) is 6.04 Å². The van der Waals surface area contributed by atoms with Gasteiger partial charge in [0.05, 0.1) is 6.10 Å². The van der Waals surface area contributed by atoms with Gasteiger partial charge in [0, 0.05) is 24.0 Å². The predicted octanol–water partition coefficient (Wildman–Crippen LogP) is 1.70. The summed E-state index contributed by atoms with van der Waals surface area (Å²) in [7, 11) is 0. The van der Waals surface area contributed by atoms with Crippen LogP contribution in [0.4, 0.5) is 0 Å². The number of β-amino-alcohol motifs (C(OH)–C–C–N with tert-alkyl or cyclic N) is 1. The van der Waals surface area contributed by atoms with Gasteiger partial charge in [0.25, 0.3) is 0 Å². The number of hydrogen-bond acceptors (Lipinski definition) is 3. The molecule has 0 amide bonds. The quantitative estimate of drug-likeness (QED) is 0.780. The summed E-state index contributed by atoms with van der Waals surface area (Å²) in [4.78, 5) is 3.73. The van der Waals surface area contributed by atoms with Gasteiger partial charge in [0.1, 0.15) is 0 Å². The van der Waals surface area contributed by atoms with Crippen LogP contribution in [0.5, 0.6) is 0 Å². The van der Waals surface area contributed by atoms with E-state index in [1.807, 2.05) is 0 Å². The number of rotatable bonds is 2. The van der Waals surface area contributed by atoms with Crippen LogP contribution in [0.15, 0.2) is 17.5 Å². The lowest BCUT2D eigenvalue weighted by Crippen LogP contribution is -2.26. The van der Waals surface area contributed by atoms with E-state index in [9.17, 15) is 5.11 Å². The summed E-state index contributed by atoms with van der Waals surface area (Å²) in [5.74, 6) is 0. The highest BCUT2D eigenvalue weighted by Gasteiger charge is 2.27. The van der Waals surface area contributed by atoms with Crippen LogP contribution >= 0.6 is 11.3 Å². The van der Waals surface area contributed by atoms with Crippen LogP contribution in [0.2, 0.25) is 0 Å². The van der Waals surface area contributed by atoms with Crippen molar-refractivity contribution in [2.45, 2.75) is 32.0 Å². The van der Waals surface area contributed by atoms with Crippen LogP contribution in [0.25, 0.3) is 0 Å². The van der Waals surface area contributed by atoms with E-state index in [4.69, 9.17) is 0 Å². The molecule has 1 aliphatic heterocycles. The topological polar surface area (TPSA) is 23.5 Å². The molecule has 0 aliphatic carbocycles. The maximum Gasteiger partial charge on any atom is 0.0682 e. The van der Waals surface area contributed by atoms with Gasteiger partial charge in [-0.25, -0.2) is 0 Å². The second-order valence-electron chi connectivity index (χ2n) is 3.75. The van der Waals surface area contributed by atoms with Gasteiger partial charge in [-0.05, 0) is 24.8 Å². The second kappa shape index (κ2) is 3.78. The first kappa shape index (κ1) is 9.19. The van der Waals surface area contributed by atoms with Gasteiger partial charge < -0.3 is 5.11 Å². The van der Waals surface area contributed by atoms with Crippen molar-refractivity contribution in [2.75, 3.05) is 6.54 Å². The van der Waals surface area contributed by atoms with Crippen molar-refractivity contribution in [3.8, 4) is 0 Å². The van der Waals surface area contributed by atoms with Gasteiger partial charge >= 0.3 is 0 Å². The summed E-state index contributed by atoms with van der Waals surface area (Å²) in [6.45, 7) is 4.01. The summed E-state index contributed by atoms with van der Waals surface area (Å²) < 4.78 is 0. The number of nitrogens with zero attached hydrogens (tertiary/aromatic N) is 1. The molecule has 1 saturated heterocycles. The van der Waals surface area contributed by atoms with Crippen LogP contribution in [0.3, 0.4) is 0 Å². The first-order valence-electron chi connectivity index (χ1n) is 4.70. The van der Waals surface area contributed by atoms with E-state index in [1.165, 1.54) is 4.88 Å². The zero-order valence-corrected chi connectivity index (χ0v) is 8.63. The average Bonchev–Trinajstić information content (AvgIpc) is 2.63. The number of hydrogen-bond donors (Lipinski definition) is 1. The third kappa shape index (κ3) is 2.10. The largest absolute Gasteiger partial charge is 0.392 e. The molecule has 1 aromatic rings. The van der Waals surface area contributed by atoms with Crippen molar-refractivity contribution >= 4 is 11.3 Å². The Morgan fingerprint density at radius 2 is 2.54 bits per heavy atom. The van der Waals surface area contributed by atoms with Crippen molar-refractivity contribution in [2.24, 2.45) is 0 Å². The minimum absolute atomic E-state index is 0.116. The molecule has 0 spiro atoms. The van der Waals surface area contributed by atoms with Gasteiger partial charge in [-0.1, -0.05) is 6.07 Å². The lowest BCUT2D eigenvalue weighted by atomic mass is 10.2. The molecule has 0 radical (unpaired) electrons. The Balaban J connectivity index is 1.95. The molecule has 1 aliphatic rings. The fourth-order valence-corrected chi connectivity index (χ4v) is 2.62. The highest BCUT2D eigenvalue weighted by molar-refractivity contribution is 7.09. The van der Waals surface area contributed by atoms with Crippen LogP contribution in [0.1, 0.15) is 18.2 Å². The summed E-state index contributed by atoms with van der Waals surface area (Å²) >= 11 is 1.79. The molecule has 2 heterocycles. The minimum atomic E-state index is -0.116. The minimum Gasteiger partial charge on any atom is -0.392 e. The molecule has 0 aromatic carbocycles. The molecule has 1 fully saturated rings. The Hall–Kier alpha value is -0.380. The molecule has 2 atom stereocenters. The molecule has 2 unspecified atom stereocenters. The van der Waals surface area contributed by atoms with Gasteiger partial charge in [-0.15, -0.1) is 11.3 Å². The molecule has 1 N–H and O–H groups in total. The third-order valence-corrected chi connectivity index (χ3v) is 3.48. The van der Waals surface area contributed by atoms with E-state index >= 15 is 0 Å². The van der Waals surface area contributed by atoms with Crippen molar-refractivity contribution < 1.29 is 5.11 Å². The average molecular weight is 197 g/mol. The molecule has 1 aromatic heterocycles. The molecule has 3 heteroatoms. The molecular weight excluding hydrogens is 182 g/mol. The molecule has 13 heavy (non-hydrogen) atoms. The summed E-state index contributed by atoms with van der Waals surface area (Å²) in [5, 5.41) is 11.6. The molecule has 0 saturated carbocycles. The van der Waals surface area contributed by atoms with Crippen LogP contribution in [-0.4, -0.2) is 28.7 Å². The number of aliphatic hydroxyl groups is 1. The SMILES string of the molecule is CC1CC(O)CN1Cc1cccs1. The second-order valence-corrected chi connectivity index (χ2v) is 4.78. The fourth-order valence-electron chi connectivity index (χ4n) is 1.89. The van der Waals surface area contributed by atoms with Crippen LogP contribution in [-0.2, 0) is 6.54 Å². The molecule has 2 nitrogen and oxygen atoms in total. The first-order valence-corrected chi connectivity index (χ1v) is 5.58. The standard InChI is InChI=1S/C10H15NOS/c1-8-5-9(12)6-11(8)7-10-3-2-4-13-10/h2-4,8-9,12H,5-7H2,1H3. The Bertz CT molecular complexity index is 260. The Morgan fingerprint density at radius 3 is 3.08 bits per heavy atom. The summed E-state index contributed by atoms with van der Waals surface area (Å²) in [6, 6.07) is 4.76. The van der Waals surface area contributed by atoms with E-state index in [0.717, 1.165) is 19.5 Å². The van der Waals surface area contributed by atoms with Crippen molar-refractivity contribution in [1.82, 2.24) is 4.90 Å². The monoisotopic (exact) mass is 197 g/mol. The highest BCUT2D eigenvalue weighted by atomic mass is 32.1. The van der Waals surface area contributed by atoms with E-state index in [2.05, 4.69) is 29.3 Å². The lowest BCUT2D eigenvalue weighted by molar-refractivity contribution is 0.173. The zero-order valence-electron chi connectivity index (χ0n) is 7.81. The lowest BCUT2D eigenvalue weighted by Gasteiger charge is -2.19. The Labute approximate surface area is 82.8 Å². The van der Waals surface area contributed by atoms with E-state index in [-0.39, 0.29) is 6.10 Å². The summed E-state index contributed by atoms with van der Waals surface area (Å²) in [5.41, 5.74) is 0. The fraction of sp³-hybridized carbons (Fsp3) is 0.600. The molecular formula is C10H15NOS. The van der Waals surface area contributed by atoms with Crippen molar-refractivity contribution in [3.63, 3.8) is 0 Å². The van der Waals surface area contributed by atoms with Gasteiger partial charge in [0.15, 0.2) is 0 Å². The number of likely N-dealkylation sites (tertiary alicyclic amines) is 1. The molecule has 0 bridgehead atoms. The number of thiophene rings is 1. The Morgan fingerprint density at radius 1 is 1.69 bits per heavy atom. The zero-order chi connectivity index (χ0) is 9.26. The maximum absolute atomic E-state index is 9.46. The molecule has 72 valence electrons. The third-order valence-electron chi connectivity index (χ3n) is 2.62. The van der Waals surface area contributed by atoms with Gasteiger partial charge in [0.2, 0.25) is 0 Å². The predicted molar refractivity (Wildman–Crippen MR) is 54.8 cm³/mol. The van der Waals surface area contributed by atoms with Gasteiger partial charge in [-0.2, -0.15) is 0 Å². The summed E-state index contributed by atoms with van der Waals surface area (Å²) in [6.07, 6.45) is 0.806.